The summed E-state index contributed by atoms with van der Waals surface area (Å²) in [6.07, 6.45) is 1.57. The normalized spacial score (nSPS) is 15.1. The number of rotatable bonds is 0. The van der Waals surface area contributed by atoms with Crippen LogP contribution in [-0.2, 0) is 6.42 Å². The number of nitrogens with one attached hydrogen (secondary N) is 1. The first-order valence-electron chi connectivity index (χ1n) is 4.90. The number of aryl methyl sites for hydroxylation is 2. The van der Waals surface area contributed by atoms with Gasteiger partial charge in [-0.3, -0.25) is 4.79 Å². The Labute approximate surface area is 81.9 Å². The van der Waals surface area contributed by atoms with Crippen molar-refractivity contribution in [1.29, 1.82) is 0 Å². The summed E-state index contributed by atoms with van der Waals surface area (Å²) in [6.45, 7) is 2.06. The number of fused-ring (bicyclic) bond motifs is 3. The number of carbonyl (C=O) groups excluding carboxylic acids is 1. The van der Waals surface area contributed by atoms with Crippen molar-refractivity contribution in [3.63, 3.8) is 0 Å². The molecule has 1 heterocycles. The van der Waals surface area contributed by atoms with Crippen LogP contribution < -0.4 is 0 Å². The van der Waals surface area contributed by atoms with E-state index < -0.39 is 0 Å². The van der Waals surface area contributed by atoms with Gasteiger partial charge in [-0.1, -0.05) is 12.1 Å². The van der Waals surface area contributed by atoms with Gasteiger partial charge in [-0.25, -0.2) is 0 Å². The van der Waals surface area contributed by atoms with Gasteiger partial charge in [0.05, 0.1) is 5.69 Å². The van der Waals surface area contributed by atoms with E-state index in [1.807, 2.05) is 0 Å². The molecule has 14 heavy (non-hydrogen) atoms. The number of aromatic amines is 1. The third-order valence-electron chi connectivity index (χ3n) is 2.94. The maximum atomic E-state index is 11.5. The minimum absolute atomic E-state index is 0.258. The van der Waals surface area contributed by atoms with E-state index >= 15 is 0 Å². The van der Waals surface area contributed by atoms with Crippen molar-refractivity contribution in [2.75, 3.05) is 0 Å². The van der Waals surface area contributed by atoms with Gasteiger partial charge in [0.15, 0.2) is 5.78 Å². The lowest BCUT2D eigenvalue weighted by Gasteiger charge is -1.94. The van der Waals surface area contributed by atoms with Crippen molar-refractivity contribution in [2.24, 2.45) is 0 Å². The van der Waals surface area contributed by atoms with Gasteiger partial charge in [-0.2, -0.15) is 0 Å². The van der Waals surface area contributed by atoms with Crippen LogP contribution in [0, 0.1) is 6.92 Å². The Bertz CT molecular complexity index is 536. The fraction of sp³-hybridized carbons (Fsp3) is 0.250. The van der Waals surface area contributed by atoms with Gasteiger partial charge in [0.1, 0.15) is 0 Å². The van der Waals surface area contributed by atoms with Gasteiger partial charge >= 0.3 is 0 Å². The average Bonchev–Trinajstić information content (AvgIpc) is 2.66. The Balaban J connectivity index is 2.40. The second-order valence-electron chi connectivity index (χ2n) is 3.95. The molecule has 2 aromatic rings. The van der Waals surface area contributed by atoms with Gasteiger partial charge in [0, 0.05) is 17.3 Å². The summed E-state index contributed by atoms with van der Waals surface area (Å²) in [5.74, 6) is 0.258. The van der Waals surface area contributed by atoms with Crippen LogP contribution >= 0.6 is 0 Å². The van der Waals surface area contributed by atoms with Crippen molar-refractivity contribution in [3.8, 4) is 0 Å². The Hall–Kier alpha value is -1.57. The number of H-pyrrole nitrogens is 1. The van der Waals surface area contributed by atoms with E-state index in [9.17, 15) is 4.79 Å². The monoisotopic (exact) mass is 185 g/mol. The molecule has 0 atom stereocenters. The SMILES string of the molecule is Cc1ccc2c3c([nH]c2c1)C(=O)CC3. The summed E-state index contributed by atoms with van der Waals surface area (Å²) in [5, 5.41) is 1.22. The topological polar surface area (TPSA) is 32.9 Å². The summed E-state index contributed by atoms with van der Waals surface area (Å²) in [6, 6.07) is 6.30. The lowest BCUT2D eigenvalue weighted by molar-refractivity contribution is 0.0991. The van der Waals surface area contributed by atoms with E-state index in [0.717, 1.165) is 17.6 Å². The predicted molar refractivity (Wildman–Crippen MR) is 55.7 cm³/mol. The summed E-state index contributed by atoms with van der Waals surface area (Å²) in [5.41, 5.74) is 4.38. The van der Waals surface area contributed by atoms with Crippen LogP contribution in [0.25, 0.3) is 10.9 Å². The molecule has 0 amide bonds. The second-order valence-corrected chi connectivity index (χ2v) is 3.95. The highest BCUT2D eigenvalue weighted by atomic mass is 16.1. The summed E-state index contributed by atoms with van der Waals surface area (Å²) < 4.78 is 0. The van der Waals surface area contributed by atoms with Crippen molar-refractivity contribution in [2.45, 2.75) is 19.8 Å². The number of carbonyl (C=O) groups is 1. The maximum absolute atomic E-state index is 11.5. The summed E-state index contributed by atoms with van der Waals surface area (Å²) in [7, 11) is 0. The Morgan fingerprint density at radius 3 is 3.00 bits per heavy atom. The molecule has 0 unspecified atom stereocenters. The van der Waals surface area contributed by atoms with Crippen LogP contribution in [0.3, 0.4) is 0 Å². The quantitative estimate of drug-likeness (QED) is 0.672. The summed E-state index contributed by atoms with van der Waals surface area (Å²) in [4.78, 5) is 14.7. The van der Waals surface area contributed by atoms with Crippen LogP contribution in [0.15, 0.2) is 18.2 Å². The molecule has 0 aliphatic heterocycles. The molecule has 0 saturated heterocycles. The van der Waals surface area contributed by atoms with Crippen molar-refractivity contribution in [1.82, 2.24) is 4.98 Å². The van der Waals surface area contributed by atoms with Gasteiger partial charge < -0.3 is 4.98 Å². The van der Waals surface area contributed by atoms with E-state index in [4.69, 9.17) is 0 Å². The minimum atomic E-state index is 0.258. The standard InChI is InChI=1S/C12H11NO/c1-7-2-3-8-9-4-5-11(14)12(9)13-10(8)6-7/h2-3,6,13H,4-5H2,1H3. The van der Waals surface area contributed by atoms with E-state index in [1.54, 1.807) is 0 Å². The van der Waals surface area contributed by atoms with E-state index in [1.165, 1.54) is 16.5 Å². The van der Waals surface area contributed by atoms with Crippen LogP contribution in [0.5, 0.6) is 0 Å². The number of benzene rings is 1. The second kappa shape index (κ2) is 2.47. The molecule has 2 nitrogen and oxygen atoms in total. The van der Waals surface area contributed by atoms with Gasteiger partial charge in [0.2, 0.25) is 0 Å². The summed E-state index contributed by atoms with van der Waals surface area (Å²) >= 11 is 0. The van der Waals surface area contributed by atoms with Crippen LogP contribution in [0.2, 0.25) is 0 Å². The molecule has 0 saturated carbocycles. The van der Waals surface area contributed by atoms with Crippen molar-refractivity contribution < 1.29 is 4.79 Å². The third-order valence-corrected chi connectivity index (χ3v) is 2.94. The Morgan fingerprint density at radius 2 is 2.14 bits per heavy atom. The third kappa shape index (κ3) is 0.882. The van der Waals surface area contributed by atoms with Crippen LogP contribution in [-0.4, -0.2) is 10.8 Å². The highest BCUT2D eigenvalue weighted by Gasteiger charge is 2.23. The van der Waals surface area contributed by atoms with Gasteiger partial charge in [0.25, 0.3) is 0 Å². The molecule has 3 rings (SSSR count). The lowest BCUT2D eigenvalue weighted by atomic mass is 10.1. The van der Waals surface area contributed by atoms with Crippen molar-refractivity contribution >= 4 is 16.7 Å². The maximum Gasteiger partial charge on any atom is 0.179 e. The molecule has 1 aromatic carbocycles. The number of aromatic nitrogens is 1. The smallest absolute Gasteiger partial charge is 0.179 e. The zero-order valence-electron chi connectivity index (χ0n) is 8.05. The predicted octanol–water partition coefficient (Wildman–Crippen LogP) is 2.61. The average molecular weight is 185 g/mol. The van der Waals surface area contributed by atoms with Gasteiger partial charge in [-0.15, -0.1) is 0 Å². The Kier molecular flexibility index (Phi) is 1.38. The van der Waals surface area contributed by atoms with Crippen molar-refractivity contribution in [3.05, 3.63) is 35.0 Å². The number of hydrogen-bond acceptors (Lipinski definition) is 1. The molecule has 0 spiro atoms. The van der Waals surface area contributed by atoms with Crippen LogP contribution in [0.1, 0.15) is 28.0 Å². The molecule has 1 aliphatic carbocycles. The Morgan fingerprint density at radius 1 is 1.29 bits per heavy atom. The highest BCUT2D eigenvalue weighted by Crippen LogP contribution is 2.30. The molecule has 1 N–H and O–H groups in total. The molecule has 1 aliphatic rings. The number of Topliss-reactive ketones (excluding diaryl/α,β-unsaturated/α-hetero) is 1. The number of hydrogen-bond donors (Lipinski definition) is 1. The zero-order chi connectivity index (χ0) is 9.71. The minimum Gasteiger partial charge on any atom is -0.352 e. The molecule has 70 valence electrons. The zero-order valence-corrected chi connectivity index (χ0v) is 8.05. The first-order chi connectivity index (χ1) is 6.75. The molecular formula is C12H11NO. The fourth-order valence-corrected chi connectivity index (χ4v) is 2.23. The first-order valence-corrected chi connectivity index (χ1v) is 4.90. The molecule has 1 aromatic heterocycles. The van der Waals surface area contributed by atoms with E-state index in [0.29, 0.717) is 6.42 Å². The molecule has 0 radical (unpaired) electrons. The largest absolute Gasteiger partial charge is 0.352 e. The van der Waals surface area contributed by atoms with E-state index in [2.05, 4.69) is 30.1 Å². The molecule has 0 fully saturated rings. The molecular weight excluding hydrogens is 174 g/mol. The number of ketones is 1. The molecule has 2 heteroatoms. The first kappa shape index (κ1) is 7.80. The van der Waals surface area contributed by atoms with Gasteiger partial charge in [-0.05, 0) is 30.5 Å². The fourth-order valence-electron chi connectivity index (χ4n) is 2.23. The highest BCUT2D eigenvalue weighted by molar-refractivity contribution is 6.05. The van der Waals surface area contributed by atoms with Crippen LogP contribution in [0.4, 0.5) is 0 Å². The molecule has 0 bridgehead atoms. The van der Waals surface area contributed by atoms with E-state index in [-0.39, 0.29) is 5.78 Å². The lowest BCUT2D eigenvalue weighted by Crippen LogP contribution is -1.90.